The minimum Gasteiger partial charge on any atom is -0.457 e. The minimum absolute atomic E-state index is 0.0425. The summed E-state index contributed by atoms with van der Waals surface area (Å²) in [5.41, 5.74) is 3.31. The number of carbonyl (C=O) groups excluding carboxylic acids is 1. The van der Waals surface area contributed by atoms with Crippen molar-refractivity contribution in [2.45, 2.75) is 26.2 Å². The molecular formula is C17H15ClO2. The van der Waals surface area contributed by atoms with Crippen molar-refractivity contribution in [3.63, 3.8) is 0 Å². The van der Waals surface area contributed by atoms with Crippen LogP contribution in [0.25, 0.3) is 0 Å². The van der Waals surface area contributed by atoms with E-state index < -0.39 is 0 Å². The van der Waals surface area contributed by atoms with Crippen LogP contribution in [-0.2, 0) is 12.8 Å². The average Bonchev–Trinajstić information content (AvgIpc) is 2.85. The molecule has 0 fully saturated rings. The van der Waals surface area contributed by atoms with Crippen molar-refractivity contribution in [1.82, 2.24) is 0 Å². The largest absolute Gasteiger partial charge is 0.457 e. The van der Waals surface area contributed by atoms with E-state index in [-0.39, 0.29) is 5.78 Å². The predicted molar refractivity (Wildman–Crippen MR) is 80.0 cm³/mol. The molecule has 0 aromatic heterocycles. The molecule has 0 saturated carbocycles. The third-order valence-corrected chi connectivity index (χ3v) is 3.94. The number of hydrogen-bond acceptors (Lipinski definition) is 2. The number of benzene rings is 2. The lowest BCUT2D eigenvalue weighted by Gasteiger charge is -2.09. The van der Waals surface area contributed by atoms with Gasteiger partial charge in [-0.05, 0) is 61.6 Å². The van der Waals surface area contributed by atoms with E-state index in [0.717, 1.165) is 18.6 Å². The van der Waals surface area contributed by atoms with Crippen molar-refractivity contribution in [3.8, 4) is 11.5 Å². The van der Waals surface area contributed by atoms with Crippen LogP contribution in [0.2, 0.25) is 5.02 Å². The zero-order chi connectivity index (χ0) is 14.1. The van der Waals surface area contributed by atoms with E-state index in [2.05, 4.69) is 12.1 Å². The van der Waals surface area contributed by atoms with Crippen LogP contribution in [0.4, 0.5) is 0 Å². The molecule has 0 heterocycles. The van der Waals surface area contributed by atoms with Crippen LogP contribution in [0, 0.1) is 0 Å². The molecule has 0 saturated heterocycles. The molecule has 0 aliphatic heterocycles. The monoisotopic (exact) mass is 286 g/mol. The summed E-state index contributed by atoms with van der Waals surface area (Å²) in [7, 11) is 0. The number of Topliss-reactive ketones (excluding diaryl/α,β-unsaturated/α-hetero) is 1. The van der Waals surface area contributed by atoms with Crippen LogP contribution < -0.4 is 4.74 Å². The Morgan fingerprint density at radius 1 is 1.05 bits per heavy atom. The summed E-state index contributed by atoms with van der Waals surface area (Å²) in [6.07, 6.45) is 3.50. The van der Waals surface area contributed by atoms with Gasteiger partial charge in [0.05, 0.1) is 5.02 Å². The Morgan fingerprint density at radius 3 is 2.50 bits per heavy atom. The van der Waals surface area contributed by atoms with E-state index in [4.69, 9.17) is 16.3 Å². The summed E-state index contributed by atoms with van der Waals surface area (Å²) in [4.78, 5) is 11.3. The average molecular weight is 287 g/mol. The molecule has 0 radical (unpaired) electrons. The Morgan fingerprint density at radius 2 is 1.75 bits per heavy atom. The third kappa shape index (κ3) is 2.56. The number of halogens is 1. The zero-order valence-electron chi connectivity index (χ0n) is 11.3. The SMILES string of the molecule is CC(=O)c1ccc(Oc2ccc3c(c2)CCC3)cc1Cl. The molecule has 2 aromatic rings. The van der Waals surface area contributed by atoms with E-state index in [1.54, 1.807) is 18.2 Å². The number of ketones is 1. The fraction of sp³-hybridized carbons (Fsp3) is 0.235. The molecule has 0 amide bonds. The van der Waals surface area contributed by atoms with Crippen molar-refractivity contribution in [2.24, 2.45) is 0 Å². The van der Waals surface area contributed by atoms with Gasteiger partial charge in [-0.3, -0.25) is 4.79 Å². The maximum atomic E-state index is 11.3. The van der Waals surface area contributed by atoms with Gasteiger partial charge in [0.1, 0.15) is 11.5 Å². The standard InChI is InChI=1S/C17H15ClO2/c1-11(19)16-8-7-15(10-17(16)18)20-14-6-5-12-3-2-4-13(12)9-14/h5-10H,2-4H2,1H3. The lowest BCUT2D eigenvalue weighted by molar-refractivity contribution is 0.101. The van der Waals surface area contributed by atoms with Crippen molar-refractivity contribution >= 4 is 17.4 Å². The molecule has 1 aliphatic carbocycles. The fourth-order valence-electron chi connectivity index (χ4n) is 2.59. The highest BCUT2D eigenvalue weighted by molar-refractivity contribution is 6.34. The number of ether oxygens (including phenoxy) is 1. The highest BCUT2D eigenvalue weighted by atomic mass is 35.5. The van der Waals surface area contributed by atoms with Crippen LogP contribution >= 0.6 is 11.6 Å². The number of rotatable bonds is 3. The number of fused-ring (bicyclic) bond motifs is 1. The summed E-state index contributed by atoms with van der Waals surface area (Å²) in [6, 6.07) is 11.4. The maximum absolute atomic E-state index is 11.3. The quantitative estimate of drug-likeness (QED) is 0.756. The molecule has 2 aromatic carbocycles. The van der Waals surface area contributed by atoms with E-state index in [1.165, 1.54) is 24.5 Å². The maximum Gasteiger partial charge on any atom is 0.161 e. The topological polar surface area (TPSA) is 26.3 Å². The minimum atomic E-state index is -0.0425. The highest BCUT2D eigenvalue weighted by Crippen LogP contribution is 2.30. The number of aryl methyl sites for hydroxylation is 2. The van der Waals surface area contributed by atoms with E-state index in [1.807, 2.05) is 6.07 Å². The van der Waals surface area contributed by atoms with Gasteiger partial charge in [-0.15, -0.1) is 0 Å². The molecule has 0 unspecified atom stereocenters. The second-order valence-electron chi connectivity index (χ2n) is 5.08. The first-order valence-corrected chi connectivity index (χ1v) is 7.11. The van der Waals surface area contributed by atoms with Gasteiger partial charge in [0.25, 0.3) is 0 Å². The van der Waals surface area contributed by atoms with Crippen LogP contribution in [0.1, 0.15) is 34.8 Å². The Balaban J connectivity index is 1.84. The van der Waals surface area contributed by atoms with Gasteiger partial charge in [-0.25, -0.2) is 0 Å². The Kier molecular flexibility index (Phi) is 3.49. The lowest BCUT2D eigenvalue weighted by Crippen LogP contribution is -1.94. The summed E-state index contributed by atoms with van der Waals surface area (Å²) >= 11 is 6.08. The number of carbonyl (C=O) groups is 1. The van der Waals surface area contributed by atoms with Crippen molar-refractivity contribution in [1.29, 1.82) is 0 Å². The molecule has 3 rings (SSSR count). The zero-order valence-corrected chi connectivity index (χ0v) is 12.0. The first-order chi connectivity index (χ1) is 9.63. The second-order valence-corrected chi connectivity index (χ2v) is 5.49. The summed E-state index contributed by atoms with van der Waals surface area (Å²) in [6.45, 7) is 1.50. The normalized spacial score (nSPS) is 13.1. The molecule has 0 atom stereocenters. The molecule has 20 heavy (non-hydrogen) atoms. The molecule has 0 N–H and O–H groups in total. The third-order valence-electron chi connectivity index (χ3n) is 3.63. The highest BCUT2D eigenvalue weighted by Gasteiger charge is 2.12. The molecule has 102 valence electrons. The van der Waals surface area contributed by atoms with Gasteiger partial charge in [-0.2, -0.15) is 0 Å². The Bertz CT molecular complexity index is 677. The summed E-state index contributed by atoms with van der Waals surface area (Å²) in [5, 5.41) is 0.427. The molecule has 0 spiro atoms. The van der Waals surface area contributed by atoms with Crippen LogP contribution in [0.15, 0.2) is 36.4 Å². The van der Waals surface area contributed by atoms with Gasteiger partial charge >= 0.3 is 0 Å². The summed E-state index contributed by atoms with van der Waals surface area (Å²) in [5.74, 6) is 1.43. The lowest BCUT2D eigenvalue weighted by atomic mass is 10.1. The van der Waals surface area contributed by atoms with Crippen LogP contribution in [0.5, 0.6) is 11.5 Å². The van der Waals surface area contributed by atoms with Gasteiger partial charge in [-0.1, -0.05) is 17.7 Å². The Labute approximate surface area is 123 Å². The first kappa shape index (κ1) is 13.2. The van der Waals surface area contributed by atoms with Gasteiger partial charge in [0.2, 0.25) is 0 Å². The first-order valence-electron chi connectivity index (χ1n) is 6.73. The van der Waals surface area contributed by atoms with Crippen molar-refractivity contribution in [2.75, 3.05) is 0 Å². The van der Waals surface area contributed by atoms with Gasteiger partial charge < -0.3 is 4.74 Å². The van der Waals surface area contributed by atoms with Crippen LogP contribution in [0.3, 0.4) is 0 Å². The molecule has 2 nitrogen and oxygen atoms in total. The van der Waals surface area contributed by atoms with E-state index >= 15 is 0 Å². The summed E-state index contributed by atoms with van der Waals surface area (Å²) < 4.78 is 5.82. The Hall–Kier alpha value is -1.80. The number of hydrogen-bond donors (Lipinski definition) is 0. The smallest absolute Gasteiger partial charge is 0.161 e. The fourth-order valence-corrected chi connectivity index (χ4v) is 2.90. The van der Waals surface area contributed by atoms with E-state index in [9.17, 15) is 4.79 Å². The predicted octanol–water partition coefficient (Wildman–Crippen LogP) is 4.82. The van der Waals surface area contributed by atoms with Gasteiger partial charge in [0, 0.05) is 11.6 Å². The van der Waals surface area contributed by atoms with Crippen molar-refractivity contribution < 1.29 is 9.53 Å². The van der Waals surface area contributed by atoms with Crippen molar-refractivity contribution in [3.05, 3.63) is 58.1 Å². The second kappa shape index (κ2) is 5.29. The molecule has 1 aliphatic rings. The van der Waals surface area contributed by atoms with Crippen LogP contribution in [-0.4, -0.2) is 5.78 Å². The van der Waals surface area contributed by atoms with E-state index in [0.29, 0.717) is 16.3 Å². The molecule has 3 heteroatoms. The van der Waals surface area contributed by atoms with Gasteiger partial charge in [0.15, 0.2) is 5.78 Å². The molecular weight excluding hydrogens is 272 g/mol. The molecule has 0 bridgehead atoms.